The van der Waals surface area contributed by atoms with Gasteiger partial charge in [-0.1, -0.05) is 13.0 Å². The fourth-order valence-electron chi connectivity index (χ4n) is 3.09. The number of aliphatic hydroxyl groups is 1. The van der Waals surface area contributed by atoms with Gasteiger partial charge in [-0.15, -0.1) is 24.0 Å². The van der Waals surface area contributed by atoms with Gasteiger partial charge in [0.05, 0.1) is 19.3 Å². The summed E-state index contributed by atoms with van der Waals surface area (Å²) in [7, 11) is 0. The van der Waals surface area contributed by atoms with Gasteiger partial charge >= 0.3 is 0 Å². The Hall–Kier alpha value is -2.07. The molecule has 1 saturated heterocycles. The van der Waals surface area contributed by atoms with E-state index in [1.807, 2.05) is 43.3 Å². The van der Waals surface area contributed by atoms with Crippen molar-refractivity contribution in [2.24, 2.45) is 4.99 Å². The third-order valence-electron chi connectivity index (χ3n) is 4.56. The highest BCUT2D eigenvalue weighted by Crippen LogP contribution is 2.25. The largest absolute Gasteiger partial charge is 0.494 e. The van der Waals surface area contributed by atoms with Crippen molar-refractivity contribution in [1.29, 1.82) is 0 Å². The van der Waals surface area contributed by atoms with Crippen LogP contribution >= 0.6 is 24.0 Å². The van der Waals surface area contributed by atoms with Gasteiger partial charge in [0, 0.05) is 31.4 Å². The number of halogens is 1. The van der Waals surface area contributed by atoms with Crippen molar-refractivity contribution in [2.75, 3.05) is 26.2 Å². The topological polar surface area (TPSA) is 79.2 Å². The number of benzene rings is 1. The van der Waals surface area contributed by atoms with Crippen molar-refractivity contribution in [3.8, 4) is 17.4 Å². The van der Waals surface area contributed by atoms with Gasteiger partial charge in [-0.3, -0.25) is 0 Å². The average molecular weight is 526 g/mol. The zero-order chi connectivity index (χ0) is 20.5. The second-order valence-corrected chi connectivity index (χ2v) is 6.95. The van der Waals surface area contributed by atoms with Gasteiger partial charge in [-0.05, 0) is 50.1 Å². The van der Waals surface area contributed by atoms with Crippen LogP contribution in [0, 0.1) is 0 Å². The molecule has 1 aromatic carbocycles. The zero-order valence-electron chi connectivity index (χ0n) is 17.6. The molecule has 1 fully saturated rings. The van der Waals surface area contributed by atoms with E-state index in [1.54, 1.807) is 6.20 Å². The molecule has 1 aromatic heterocycles. The number of pyridine rings is 1. The number of likely N-dealkylation sites (tertiary alicyclic amines) is 1. The lowest BCUT2D eigenvalue weighted by Crippen LogP contribution is -2.40. The number of rotatable bonds is 8. The van der Waals surface area contributed by atoms with Crippen molar-refractivity contribution in [3.05, 3.63) is 48.2 Å². The highest BCUT2D eigenvalue weighted by Gasteiger charge is 2.22. The molecule has 0 spiro atoms. The highest BCUT2D eigenvalue weighted by atomic mass is 127. The molecule has 0 saturated carbocycles. The molecule has 2 N–H and O–H groups in total. The molecule has 0 bridgehead atoms. The minimum absolute atomic E-state index is 0. The van der Waals surface area contributed by atoms with Gasteiger partial charge in [0.25, 0.3) is 0 Å². The normalized spacial score (nSPS) is 16.2. The smallest absolute Gasteiger partial charge is 0.224 e. The highest BCUT2D eigenvalue weighted by molar-refractivity contribution is 14.0. The van der Waals surface area contributed by atoms with Crippen LogP contribution in [0.25, 0.3) is 0 Å². The number of nitrogens with zero attached hydrogens (tertiary/aromatic N) is 3. The van der Waals surface area contributed by atoms with E-state index >= 15 is 0 Å². The molecule has 0 aliphatic carbocycles. The number of ether oxygens (including phenoxy) is 2. The van der Waals surface area contributed by atoms with Crippen molar-refractivity contribution < 1.29 is 14.6 Å². The monoisotopic (exact) mass is 526 g/mol. The van der Waals surface area contributed by atoms with E-state index in [0.29, 0.717) is 31.3 Å². The molecular formula is C22H31IN4O3. The quantitative estimate of drug-likeness (QED) is 0.310. The number of hydrogen-bond acceptors (Lipinski definition) is 5. The van der Waals surface area contributed by atoms with Crippen molar-refractivity contribution in [2.45, 2.75) is 39.3 Å². The molecule has 0 amide bonds. The van der Waals surface area contributed by atoms with E-state index < -0.39 is 0 Å². The van der Waals surface area contributed by atoms with Crippen LogP contribution in [0.15, 0.2) is 47.6 Å². The Bertz CT molecular complexity index is 801. The molecule has 1 atom stereocenters. The molecule has 2 aromatic rings. The number of nitrogens with one attached hydrogen (secondary N) is 1. The minimum Gasteiger partial charge on any atom is -0.494 e. The van der Waals surface area contributed by atoms with Crippen LogP contribution in [0.4, 0.5) is 0 Å². The van der Waals surface area contributed by atoms with Gasteiger partial charge in [0.1, 0.15) is 11.5 Å². The fourth-order valence-corrected chi connectivity index (χ4v) is 3.09. The maximum absolute atomic E-state index is 9.81. The lowest BCUT2D eigenvalue weighted by Gasteiger charge is -2.21. The second-order valence-electron chi connectivity index (χ2n) is 6.95. The van der Waals surface area contributed by atoms with Gasteiger partial charge in [-0.25, -0.2) is 9.98 Å². The number of aliphatic hydroxyl groups excluding tert-OH is 1. The maximum Gasteiger partial charge on any atom is 0.224 e. The summed E-state index contributed by atoms with van der Waals surface area (Å²) in [6.45, 7) is 7.43. The summed E-state index contributed by atoms with van der Waals surface area (Å²) in [5.41, 5.74) is 0.897. The van der Waals surface area contributed by atoms with E-state index in [-0.39, 0.29) is 30.1 Å². The van der Waals surface area contributed by atoms with Gasteiger partial charge in [0.15, 0.2) is 5.96 Å². The molecule has 0 unspecified atom stereocenters. The Morgan fingerprint density at radius 3 is 2.67 bits per heavy atom. The van der Waals surface area contributed by atoms with E-state index in [0.717, 1.165) is 43.2 Å². The Morgan fingerprint density at radius 2 is 2.00 bits per heavy atom. The fraction of sp³-hybridized carbons (Fsp3) is 0.455. The van der Waals surface area contributed by atoms with Crippen LogP contribution in [0.1, 0.15) is 32.3 Å². The zero-order valence-corrected chi connectivity index (χ0v) is 19.9. The average Bonchev–Trinajstić information content (AvgIpc) is 3.17. The SMILES string of the molecule is CCCOc1ccc(Oc2ncccc2CN=C(NCC)N2CC[C@@H](O)C2)cc1.I. The van der Waals surface area contributed by atoms with Crippen LogP contribution in [-0.4, -0.2) is 53.3 Å². The van der Waals surface area contributed by atoms with Crippen LogP contribution in [0.5, 0.6) is 17.4 Å². The Morgan fingerprint density at radius 1 is 1.23 bits per heavy atom. The number of hydrogen-bond donors (Lipinski definition) is 2. The predicted molar refractivity (Wildman–Crippen MR) is 129 cm³/mol. The first-order chi connectivity index (χ1) is 14.2. The molecule has 164 valence electrons. The number of guanidine groups is 1. The summed E-state index contributed by atoms with van der Waals surface area (Å²) in [4.78, 5) is 11.2. The van der Waals surface area contributed by atoms with Crippen LogP contribution in [-0.2, 0) is 6.54 Å². The van der Waals surface area contributed by atoms with E-state index in [4.69, 9.17) is 14.5 Å². The van der Waals surface area contributed by atoms with Gasteiger partial charge < -0.3 is 24.8 Å². The predicted octanol–water partition coefficient (Wildman–Crippen LogP) is 3.81. The summed E-state index contributed by atoms with van der Waals surface area (Å²) in [6, 6.07) is 11.4. The van der Waals surface area contributed by atoms with Crippen molar-refractivity contribution in [3.63, 3.8) is 0 Å². The first kappa shape index (κ1) is 24.2. The minimum atomic E-state index is -0.291. The standard InChI is InChI=1S/C22H30N4O3.HI/c1-3-14-28-19-7-9-20(10-8-19)29-21-17(6-5-12-24-21)15-25-22(23-4-2)26-13-11-18(27)16-26;/h5-10,12,18,27H,3-4,11,13-16H2,1-2H3,(H,23,25);1H/t18-;/m1./s1. The Balaban J connectivity index is 0.00000320. The Kier molecular flexibility index (Phi) is 10.2. The third-order valence-corrected chi connectivity index (χ3v) is 4.56. The Labute approximate surface area is 195 Å². The van der Waals surface area contributed by atoms with Crippen molar-refractivity contribution in [1.82, 2.24) is 15.2 Å². The molecule has 3 rings (SSSR count). The van der Waals surface area contributed by atoms with Crippen LogP contribution in [0.2, 0.25) is 0 Å². The van der Waals surface area contributed by atoms with E-state index in [2.05, 4.69) is 22.1 Å². The number of aliphatic imine (C=N–C) groups is 1. The summed E-state index contributed by atoms with van der Waals surface area (Å²) < 4.78 is 11.6. The lowest BCUT2D eigenvalue weighted by atomic mass is 10.2. The summed E-state index contributed by atoms with van der Waals surface area (Å²) in [5, 5.41) is 13.1. The van der Waals surface area contributed by atoms with E-state index in [1.165, 1.54) is 0 Å². The number of aromatic nitrogens is 1. The van der Waals surface area contributed by atoms with Crippen molar-refractivity contribution >= 4 is 29.9 Å². The first-order valence-electron chi connectivity index (χ1n) is 10.3. The molecule has 1 aliphatic rings. The summed E-state index contributed by atoms with van der Waals surface area (Å²) in [6.07, 6.45) is 3.16. The second kappa shape index (κ2) is 12.6. The maximum atomic E-state index is 9.81. The van der Waals surface area contributed by atoms with Gasteiger partial charge in [0.2, 0.25) is 5.88 Å². The molecule has 2 heterocycles. The van der Waals surface area contributed by atoms with Crippen LogP contribution < -0.4 is 14.8 Å². The van der Waals surface area contributed by atoms with E-state index in [9.17, 15) is 5.11 Å². The molecular weight excluding hydrogens is 495 g/mol. The van der Waals surface area contributed by atoms with Gasteiger partial charge in [-0.2, -0.15) is 0 Å². The molecule has 7 nitrogen and oxygen atoms in total. The molecule has 8 heteroatoms. The first-order valence-corrected chi connectivity index (χ1v) is 10.3. The van der Waals surface area contributed by atoms with Crippen LogP contribution in [0.3, 0.4) is 0 Å². The summed E-state index contributed by atoms with van der Waals surface area (Å²) in [5.74, 6) is 2.87. The number of β-amino-alcohol motifs (C(OH)–C–C–N with tert-alkyl or cyclic N) is 1. The molecule has 0 radical (unpaired) electrons. The molecule has 30 heavy (non-hydrogen) atoms. The third kappa shape index (κ3) is 7.02. The molecule has 1 aliphatic heterocycles. The summed E-state index contributed by atoms with van der Waals surface area (Å²) >= 11 is 0. The lowest BCUT2D eigenvalue weighted by molar-refractivity contribution is 0.188.